The van der Waals surface area contributed by atoms with Crippen LogP contribution in [0.25, 0.3) is 0 Å². The number of amides is 1. The first kappa shape index (κ1) is 13.7. The SMILES string of the molecule is CCCCC(=O)N/N=C(\C)c1ccc(Cl)cc1. The molecule has 0 heterocycles. The molecule has 0 atom stereocenters. The maximum absolute atomic E-state index is 11.4. The van der Waals surface area contributed by atoms with Crippen LogP contribution in [0.15, 0.2) is 29.4 Å². The third-order valence-electron chi connectivity index (χ3n) is 2.37. The predicted molar refractivity (Wildman–Crippen MR) is 71.3 cm³/mol. The van der Waals surface area contributed by atoms with Crippen LogP contribution in [-0.4, -0.2) is 11.6 Å². The Morgan fingerprint density at radius 2 is 2.00 bits per heavy atom. The second-order valence-corrected chi connectivity index (χ2v) is 4.28. The van der Waals surface area contributed by atoms with E-state index < -0.39 is 0 Å². The van der Waals surface area contributed by atoms with Gasteiger partial charge in [-0.25, -0.2) is 5.43 Å². The first-order valence-corrected chi connectivity index (χ1v) is 6.10. The van der Waals surface area contributed by atoms with E-state index in [0.29, 0.717) is 11.4 Å². The Morgan fingerprint density at radius 3 is 2.59 bits per heavy atom. The molecule has 3 nitrogen and oxygen atoms in total. The summed E-state index contributed by atoms with van der Waals surface area (Å²) < 4.78 is 0. The number of hydrazone groups is 1. The van der Waals surface area contributed by atoms with E-state index in [-0.39, 0.29) is 5.91 Å². The molecular weight excluding hydrogens is 236 g/mol. The molecule has 0 saturated carbocycles. The molecule has 0 fully saturated rings. The van der Waals surface area contributed by atoms with Crippen LogP contribution >= 0.6 is 11.6 Å². The average molecular weight is 253 g/mol. The van der Waals surface area contributed by atoms with Crippen molar-refractivity contribution < 1.29 is 4.79 Å². The Morgan fingerprint density at radius 1 is 1.35 bits per heavy atom. The molecule has 0 saturated heterocycles. The molecule has 92 valence electrons. The summed E-state index contributed by atoms with van der Waals surface area (Å²) in [4.78, 5) is 11.4. The fourth-order valence-electron chi connectivity index (χ4n) is 1.30. The summed E-state index contributed by atoms with van der Waals surface area (Å²) in [5.41, 5.74) is 4.27. The number of nitrogens with one attached hydrogen (secondary N) is 1. The van der Waals surface area contributed by atoms with Crippen molar-refractivity contribution in [3.8, 4) is 0 Å². The molecule has 0 spiro atoms. The Hall–Kier alpha value is -1.35. The molecule has 1 rings (SSSR count). The van der Waals surface area contributed by atoms with Gasteiger partial charge >= 0.3 is 0 Å². The van der Waals surface area contributed by atoms with E-state index in [9.17, 15) is 4.79 Å². The molecule has 0 bridgehead atoms. The van der Waals surface area contributed by atoms with Crippen molar-refractivity contribution in [3.05, 3.63) is 34.9 Å². The molecule has 1 N–H and O–H groups in total. The number of unbranched alkanes of at least 4 members (excludes halogenated alkanes) is 1. The van der Waals surface area contributed by atoms with Crippen LogP contribution in [0.3, 0.4) is 0 Å². The van der Waals surface area contributed by atoms with Gasteiger partial charge in [-0.05, 0) is 31.0 Å². The third kappa shape index (κ3) is 5.00. The Kier molecular flexibility index (Phi) is 5.70. The van der Waals surface area contributed by atoms with E-state index in [1.807, 2.05) is 19.1 Å². The van der Waals surface area contributed by atoms with Gasteiger partial charge in [0.2, 0.25) is 5.91 Å². The number of carbonyl (C=O) groups excluding carboxylic acids is 1. The fourth-order valence-corrected chi connectivity index (χ4v) is 1.42. The van der Waals surface area contributed by atoms with Gasteiger partial charge in [-0.2, -0.15) is 5.10 Å². The zero-order valence-electron chi connectivity index (χ0n) is 10.2. The van der Waals surface area contributed by atoms with Crippen molar-refractivity contribution >= 4 is 23.2 Å². The molecule has 0 aromatic heterocycles. The average Bonchev–Trinajstić information content (AvgIpc) is 2.34. The number of carbonyl (C=O) groups is 1. The highest BCUT2D eigenvalue weighted by molar-refractivity contribution is 6.30. The van der Waals surface area contributed by atoms with E-state index in [1.54, 1.807) is 12.1 Å². The lowest BCUT2D eigenvalue weighted by atomic mass is 10.1. The minimum atomic E-state index is -0.0415. The van der Waals surface area contributed by atoms with Gasteiger partial charge in [-0.1, -0.05) is 37.1 Å². The van der Waals surface area contributed by atoms with Crippen LogP contribution in [0, 0.1) is 0 Å². The summed E-state index contributed by atoms with van der Waals surface area (Å²) in [6.45, 7) is 3.90. The summed E-state index contributed by atoms with van der Waals surface area (Å²) >= 11 is 5.79. The van der Waals surface area contributed by atoms with Gasteiger partial charge in [0.25, 0.3) is 0 Å². The van der Waals surface area contributed by atoms with E-state index in [1.165, 1.54) is 0 Å². The monoisotopic (exact) mass is 252 g/mol. The molecule has 1 aromatic carbocycles. The predicted octanol–water partition coefficient (Wildman–Crippen LogP) is 3.37. The van der Waals surface area contributed by atoms with Gasteiger partial charge < -0.3 is 0 Å². The molecule has 0 aliphatic carbocycles. The molecule has 0 radical (unpaired) electrons. The summed E-state index contributed by atoms with van der Waals surface area (Å²) in [6, 6.07) is 7.35. The van der Waals surface area contributed by atoms with E-state index >= 15 is 0 Å². The Bertz CT molecular complexity index is 398. The quantitative estimate of drug-likeness (QED) is 0.634. The van der Waals surface area contributed by atoms with Crippen molar-refractivity contribution in [2.45, 2.75) is 33.1 Å². The van der Waals surface area contributed by atoms with Gasteiger partial charge in [0.05, 0.1) is 5.71 Å². The second-order valence-electron chi connectivity index (χ2n) is 3.84. The molecule has 1 amide bonds. The maximum Gasteiger partial charge on any atom is 0.240 e. The summed E-state index contributed by atoms with van der Waals surface area (Å²) in [5.74, 6) is -0.0415. The van der Waals surface area contributed by atoms with Gasteiger partial charge in [0, 0.05) is 11.4 Å². The maximum atomic E-state index is 11.4. The van der Waals surface area contributed by atoms with E-state index in [0.717, 1.165) is 24.1 Å². The summed E-state index contributed by atoms with van der Waals surface area (Å²) in [6.07, 6.45) is 2.42. The van der Waals surface area contributed by atoms with Crippen molar-refractivity contribution in [2.24, 2.45) is 5.10 Å². The third-order valence-corrected chi connectivity index (χ3v) is 2.62. The van der Waals surface area contributed by atoms with Crippen molar-refractivity contribution in [1.29, 1.82) is 0 Å². The number of benzene rings is 1. The smallest absolute Gasteiger partial charge is 0.240 e. The largest absolute Gasteiger partial charge is 0.273 e. The first-order valence-electron chi connectivity index (χ1n) is 5.72. The summed E-state index contributed by atoms with van der Waals surface area (Å²) in [5, 5.41) is 4.74. The van der Waals surface area contributed by atoms with Crippen LogP contribution in [0.2, 0.25) is 5.02 Å². The van der Waals surface area contributed by atoms with Crippen molar-refractivity contribution in [1.82, 2.24) is 5.43 Å². The van der Waals surface area contributed by atoms with Gasteiger partial charge in [0.15, 0.2) is 0 Å². The number of rotatable bonds is 5. The second kappa shape index (κ2) is 7.07. The normalized spacial score (nSPS) is 11.4. The highest BCUT2D eigenvalue weighted by Crippen LogP contribution is 2.10. The zero-order valence-corrected chi connectivity index (χ0v) is 10.9. The number of hydrogen-bond donors (Lipinski definition) is 1. The van der Waals surface area contributed by atoms with Crippen LogP contribution in [0.1, 0.15) is 38.7 Å². The van der Waals surface area contributed by atoms with Crippen molar-refractivity contribution in [2.75, 3.05) is 0 Å². The molecule has 0 unspecified atom stereocenters. The van der Waals surface area contributed by atoms with Gasteiger partial charge in [-0.15, -0.1) is 0 Å². The number of hydrogen-bond acceptors (Lipinski definition) is 2. The van der Waals surface area contributed by atoms with Crippen LogP contribution in [-0.2, 0) is 4.79 Å². The molecule has 17 heavy (non-hydrogen) atoms. The molecular formula is C13H17ClN2O. The highest BCUT2D eigenvalue weighted by Gasteiger charge is 2.00. The summed E-state index contributed by atoms with van der Waals surface area (Å²) in [7, 11) is 0. The Labute approximate surface area is 107 Å². The van der Waals surface area contributed by atoms with Crippen LogP contribution in [0.4, 0.5) is 0 Å². The van der Waals surface area contributed by atoms with Crippen LogP contribution in [0.5, 0.6) is 0 Å². The Balaban J connectivity index is 2.54. The minimum absolute atomic E-state index is 0.0415. The van der Waals surface area contributed by atoms with Gasteiger partial charge in [0.1, 0.15) is 0 Å². The lowest BCUT2D eigenvalue weighted by Gasteiger charge is -2.02. The lowest BCUT2D eigenvalue weighted by Crippen LogP contribution is -2.18. The fraction of sp³-hybridized carbons (Fsp3) is 0.385. The first-order chi connectivity index (χ1) is 8.13. The molecule has 0 aliphatic heterocycles. The standard InChI is InChI=1S/C13H17ClN2O/c1-3-4-5-13(17)16-15-10(2)11-6-8-12(14)9-7-11/h6-9H,3-5H2,1-2H3,(H,16,17)/b15-10+. The van der Waals surface area contributed by atoms with Crippen molar-refractivity contribution in [3.63, 3.8) is 0 Å². The molecule has 1 aromatic rings. The molecule has 0 aliphatic rings. The van der Waals surface area contributed by atoms with Gasteiger partial charge in [-0.3, -0.25) is 4.79 Å². The van der Waals surface area contributed by atoms with E-state index in [4.69, 9.17) is 11.6 Å². The number of halogens is 1. The van der Waals surface area contributed by atoms with E-state index in [2.05, 4.69) is 17.5 Å². The molecule has 4 heteroatoms. The minimum Gasteiger partial charge on any atom is -0.273 e. The zero-order chi connectivity index (χ0) is 12.7. The number of nitrogens with zero attached hydrogens (tertiary/aromatic N) is 1. The topological polar surface area (TPSA) is 41.5 Å². The lowest BCUT2D eigenvalue weighted by molar-refractivity contribution is -0.121. The van der Waals surface area contributed by atoms with Crippen LogP contribution < -0.4 is 5.43 Å². The highest BCUT2D eigenvalue weighted by atomic mass is 35.5.